The zero-order valence-electron chi connectivity index (χ0n) is 14.0. The Kier molecular flexibility index (Phi) is 6.72. The molecule has 1 heterocycles. The van der Waals surface area contributed by atoms with E-state index in [1.807, 2.05) is 11.3 Å². The van der Waals surface area contributed by atoms with Crippen molar-refractivity contribution < 1.29 is 4.74 Å². The van der Waals surface area contributed by atoms with Crippen molar-refractivity contribution in [2.75, 3.05) is 13.2 Å². The summed E-state index contributed by atoms with van der Waals surface area (Å²) in [6.07, 6.45) is 4.43. The van der Waals surface area contributed by atoms with Gasteiger partial charge in [0.25, 0.3) is 0 Å². The van der Waals surface area contributed by atoms with E-state index in [1.54, 1.807) is 0 Å². The molecule has 2 nitrogen and oxygen atoms in total. The van der Waals surface area contributed by atoms with E-state index in [-0.39, 0.29) is 0 Å². The standard InChI is InChI=1S/C18H31NOS/c1-13(2)17-8-5-14(3)11-18(17)20-10-9-19-12-16-7-6-15(4)21-16/h6-7,13-14,17-19H,5,8-12H2,1-4H3. The second-order valence-electron chi connectivity index (χ2n) is 6.92. The van der Waals surface area contributed by atoms with Gasteiger partial charge in [0.15, 0.2) is 0 Å². The Labute approximate surface area is 134 Å². The van der Waals surface area contributed by atoms with E-state index in [2.05, 4.69) is 45.1 Å². The molecule has 0 amide bonds. The molecule has 1 saturated carbocycles. The predicted molar refractivity (Wildman–Crippen MR) is 91.8 cm³/mol. The lowest BCUT2D eigenvalue weighted by molar-refractivity contribution is -0.0367. The highest BCUT2D eigenvalue weighted by molar-refractivity contribution is 7.11. The molecule has 3 heteroatoms. The SMILES string of the molecule is Cc1ccc(CNCCOC2CC(C)CCC2C(C)C)s1. The zero-order chi connectivity index (χ0) is 15.2. The summed E-state index contributed by atoms with van der Waals surface area (Å²) in [6, 6.07) is 4.40. The van der Waals surface area contributed by atoms with Crippen LogP contribution in [0.5, 0.6) is 0 Å². The molecule has 0 saturated heterocycles. The minimum absolute atomic E-state index is 0.472. The molecule has 0 bridgehead atoms. The second-order valence-corrected chi connectivity index (χ2v) is 8.30. The second kappa shape index (κ2) is 8.30. The fourth-order valence-electron chi connectivity index (χ4n) is 3.38. The molecule has 1 N–H and O–H groups in total. The fraction of sp³-hybridized carbons (Fsp3) is 0.778. The number of ether oxygens (including phenoxy) is 1. The van der Waals surface area contributed by atoms with Crippen molar-refractivity contribution in [2.45, 2.75) is 59.6 Å². The Balaban J connectivity index is 1.66. The van der Waals surface area contributed by atoms with Gasteiger partial charge in [-0.25, -0.2) is 0 Å². The van der Waals surface area contributed by atoms with Crippen LogP contribution in [0.3, 0.4) is 0 Å². The number of hydrogen-bond acceptors (Lipinski definition) is 3. The maximum Gasteiger partial charge on any atom is 0.0608 e. The van der Waals surface area contributed by atoms with Crippen LogP contribution in [0.25, 0.3) is 0 Å². The molecule has 3 unspecified atom stereocenters. The van der Waals surface area contributed by atoms with E-state index in [9.17, 15) is 0 Å². The average Bonchev–Trinajstić information content (AvgIpc) is 2.84. The highest BCUT2D eigenvalue weighted by Gasteiger charge is 2.31. The Morgan fingerprint density at radius 2 is 2.14 bits per heavy atom. The van der Waals surface area contributed by atoms with Gasteiger partial charge < -0.3 is 10.1 Å². The third-order valence-corrected chi connectivity index (χ3v) is 5.67. The van der Waals surface area contributed by atoms with Crippen molar-refractivity contribution in [2.24, 2.45) is 17.8 Å². The number of thiophene rings is 1. The maximum atomic E-state index is 6.21. The van der Waals surface area contributed by atoms with Crippen LogP contribution in [0.4, 0.5) is 0 Å². The molecule has 0 aromatic carbocycles. The summed E-state index contributed by atoms with van der Waals surface area (Å²) >= 11 is 1.88. The molecule has 1 aliphatic rings. The predicted octanol–water partition coefficient (Wildman–Crippen LogP) is 4.62. The summed E-state index contributed by atoms with van der Waals surface area (Å²) in [6.45, 7) is 12.0. The largest absolute Gasteiger partial charge is 0.377 e. The Hall–Kier alpha value is -0.380. The lowest BCUT2D eigenvalue weighted by Crippen LogP contribution is -2.35. The molecule has 0 spiro atoms. The van der Waals surface area contributed by atoms with E-state index in [0.29, 0.717) is 6.10 Å². The van der Waals surface area contributed by atoms with Crippen LogP contribution in [-0.4, -0.2) is 19.3 Å². The first-order valence-electron chi connectivity index (χ1n) is 8.44. The fourth-order valence-corrected chi connectivity index (χ4v) is 4.24. The van der Waals surface area contributed by atoms with Crippen molar-refractivity contribution in [3.8, 4) is 0 Å². The molecule has 21 heavy (non-hydrogen) atoms. The van der Waals surface area contributed by atoms with Crippen LogP contribution in [0.15, 0.2) is 12.1 Å². The van der Waals surface area contributed by atoms with E-state index in [4.69, 9.17) is 4.74 Å². The first kappa shape index (κ1) is 17.0. The monoisotopic (exact) mass is 309 g/mol. The number of aryl methyl sites for hydroxylation is 1. The molecule has 0 radical (unpaired) electrons. The average molecular weight is 310 g/mol. The third kappa shape index (κ3) is 5.39. The summed E-state index contributed by atoms with van der Waals surface area (Å²) in [4.78, 5) is 2.80. The molecule has 1 aromatic heterocycles. The van der Waals surface area contributed by atoms with Gasteiger partial charge in [0.2, 0.25) is 0 Å². The van der Waals surface area contributed by atoms with E-state index in [0.717, 1.165) is 37.5 Å². The Bertz CT molecular complexity index is 415. The van der Waals surface area contributed by atoms with Crippen LogP contribution < -0.4 is 5.32 Å². The first-order valence-corrected chi connectivity index (χ1v) is 9.25. The van der Waals surface area contributed by atoms with Crippen molar-refractivity contribution in [1.29, 1.82) is 0 Å². The van der Waals surface area contributed by atoms with Gasteiger partial charge in [0.1, 0.15) is 0 Å². The zero-order valence-corrected chi connectivity index (χ0v) is 14.8. The molecule has 120 valence electrons. The van der Waals surface area contributed by atoms with Crippen molar-refractivity contribution in [3.05, 3.63) is 21.9 Å². The van der Waals surface area contributed by atoms with Crippen LogP contribution in [0, 0.1) is 24.7 Å². The van der Waals surface area contributed by atoms with Gasteiger partial charge >= 0.3 is 0 Å². The number of hydrogen-bond donors (Lipinski definition) is 1. The molecule has 1 aromatic rings. The quantitative estimate of drug-likeness (QED) is 0.742. The first-order chi connectivity index (χ1) is 10.1. The van der Waals surface area contributed by atoms with Crippen LogP contribution in [-0.2, 0) is 11.3 Å². The minimum Gasteiger partial charge on any atom is -0.377 e. The normalized spacial score (nSPS) is 26.4. The number of nitrogens with one attached hydrogen (secondary N) is 1. The van der Waals surface area contributed by atoms with Gasteiger partial charge in [-0.05, 0) is 49.7 Å². The topological polar surface area (TPSA) is 21.3 Å². The summed E-state index contributed by atoms with van der Waals surface area (Å²) < 4.78 is 6.21. The molecule has 1 fully saturated rings. The van der Waals surface area contributed by atoms with E-state index in [1.165, 1.54) is 29.0 Å². The van der Waals surface area contributed by atoms with Crippen LogP contribution in [0.1, 0.15) is 49.8 Å². The molecular formula is C18H31NOS. The Morgan fingerprint density at radius 3 is 2.81 bits per heavy atom. The van der Waals surface area contributed by atoms with Gasteiger partial charge in [0, 0.05) is 22.8 Å². The van der Waals surface area contributed by atoms with E-state index < -0.39 is 0 Å². The maximum absolute atomic E-state index is 6.21. The lowest BCUT2D eigenvalue weighted by Gasteiger charge is -2.37. The van der Waals surface area contributed by atoms with Crippen LogP contribution >= 0.6 is 11.3 Å². The van der Waals surface area contributed by atoms with Crippen molar-refractivity contribution in [3.63, 3.8) is 0 Å². The van der Waals surface area contributed by atoms with Crippen LogP contribution in [0.2, 0.25) is 0 Å². The van der Waals surface area contributed by atoms with Gasteiger partial charge in [0.05, 0.1) is 12.7 Å². The van der Waals surface area contributed by atoms with Gasteiger partial charge in [-0.2, -0.15) is 0 Å². The summed E-state index contributed by atoms with van der Waals surface area (Å²) in [5.41, 5.74) is 0. The highest BCUT2D eigenvalue weighted by atomic mass is 32.1. The smallest absolute Gasteiger partial charge is 0.0608 e. The molecular weight excluding hydrogens is 278 g/mol. The molecule has 2 rings (SSSR count). The lowest BCUT2D eigenvalue weighted by atomic mass is 9.75. The minimum atomic E-state index is 0.472. The Morgan fingerprint density at radius 1 is 1.33 bits per heavy atom. The summed E-state index contributed by atoms with van der Waals surface area (Å²) in [5.74, 6) is 2.32. The highest BCUT2D eigenvalue weighted by Crippen LogP contribution is 2.35. The molecule has 0 aliphatic heterocycles. The molecule has 1 aliphatic carbocycles. The molecule has 3 atom stereocenters. The van der Waals surface area contributed by atoms with Crippen molar-refractivity contribution >= 4 is 11.3 Å². The van der Waals surface area contributed by atoms with Gasteiger partial charge in [-0.3, -0.25) is 0 Å². The van der Waals surface area contributed by atoms with Crippen molar-refractivity contribution in [1.82, 2.24) is 5.32 Å². The van der Waals surface area contributed by atoms with E-state index >= 15 is 0 Å². The van der Waals surface area contributed by atoms with Gasteiger partial charge in [-0.1, -0.05) is 27.2 Å². The van der Waals surface area contributed by atoms with Gasteiger partial charge in [-0.15, -0.1) is 11.3 Å². The summed E-state index contributed by atoms with van der Waals surface area (Å²) in [5, 5.41) is 3.50. The number of rotatable bonds is 7. The third-order valence-electron chi connectivity index (χ3n) is 4.67. The summed E-state index contributed by atoms with van der Waals surface area (Å²) in [7, 11) is 0.